The van der Waals surface area contributed by atoms with Crippen LogP contribution in [0.25, 0.3) is 0 Å². The molecule has 2 aromatic carbocycles. The van der Waals surface area contributed by atoms with E-state index in [4.69, 9.17) is 19.3 Å². The third-order valence-electron chi connectivity index (χ3n) is 3.76. The van der Waals surface area contributed by atoms with Crippen molar-refractivity contribution < 1.29 is 29.2 Å². The molecule has 1 unspecified atom stereocenters. The molecule has 0 aromatic heterocycles. The average Bonchev–Trinajstić information content (AvgIpc) is 2.64. The zero-order chi connectivity index (χ0) is 18.2. The number of hydrogen-bond acceptors (Lipinski definition) is 5. The fraction of sp³-hybridized carbons (Fsp3) is 0.316. The summed E-state index contributed by atoms with van der Waals surface area (Å²) in [5, 5.41) is 19.0. The number of carbonyl (C=O) groups is 1. The predicted octanol–water partition coefficient (Wildman–Crippen LogP) is 2.83. The van der Waals surface area contributed by atoms with Crippen LogP contribution in [0.5, 0.6) is 17.2 Å². The Bertz CT molecular complexity index is 713. The third kappa shape index (κ3) is 5.39. The molecule has 2 rings (SSSR count). The molecule has 6 nitrogen and oxygen atoms in total. The van der Waals surface area contributed by atoms with Gasteiger partial charge in [-0.15, -0.1) is 0 Å². The summed E-state index contributed by atoms with van der Waals surface area (Å²) in [6.45, 7) is -0.412. The SMILES string of the molecule is COc1ccc(CCC(O)c2cccc(OCC(=O)O)c2)cc1OC. The van der Waals surface area contributed by atoms with Gasteiger partial charge in [-0.25, -0.2) is 4.79 Å². The highest BCUT2D eigenvalue weighted by molar-refractivity contribution is 5.68. The van der Waals surface area contributed by atoms with E-state index in [1.54, 1.807) is 38.5 Å². The Morgan fingerprint density at radius 3 is 2.52 bits per heavy atom. The molecular weight excluding hydrogens is 324 g/mol. The van der Waals surface area contributed by atoms with E-state index in [2.05, 4.69) is 0 Å². The van der Waals surface area contributed by atoms with Crippen LogP contribution >= 0.6 is 0 Å². The van der Waals surface area contributed by atoms with Gasteiger partial charge in [-0.3, -0.25) is 0 Å². The van der Waals surface area contributed by atoms with Crippen LogP contribution in [0.15, 0.2) is 42.5 Å². The van der Waals surface area contributed by atoms with Crippen molar-refractivity contribution in [2.75, 3.05) is 20.8 Å². The summed E-state index contributed by atoms with van der Waals surface area (Å²) in [5.74, 6) is 0.693. The van der Waals surface area contributed by atoms with E-state index in [0.29, 0.717) is 35.7 Å². The number of methoxy groups -OCH3 is 2. The van der Waals surface area contributed by atoms with Crippen LogP contribution in [0.4, 0.5) is 0 Å². The highest BCUT2D eigenvalue weighted by atomic mass is 16.5. The smallest absolute Gasteiger partial charge is 0.341 e. The second-order valence-corrected chi connectivity index (χ2v) is 5.50. The summed E-state index contributed by atoms with van der Waals surface area (Å²) in [6.07, 6.45) is 0.487. The normalized spacial score (nSPS) is 11.6. The Balaban J connectivity index is 1.99. The summed E-state index contributed by atoms with van der Waals surface area (Å²) in [6, 6.07) is 12.5. The standard InChI is InChI=1S/C19H22O6/c1-23-17-9-7-13(10-18(17)24-2)6-8-16(20)14-4-3-5-15(11-14)25-12-19(21)22/h3-5,7,9-11,16,20H,6,8,12H2,1-2H3,(H,21,22). The molecule has 0 saturated carbocycles. The molecule has 0 spiro atoms. The minimum absolute atomic E-state index is 0.412. The second kappa shape index (κ2) is 8.94. The van der Waals surface area contributed by atoms with Crippen LogP contribution < -0.4 is 14.2 Å². The van der Waals surface area contributed by atoms with Gasteiger partial charge in [0, 0.05) is 0 Å². The van der Waals surface area contributed by atoms with Gasteiger partial charge in [-0.05, 0) is 48.2 Å². The lowest BCUT2D eigenvalue weighted by molar-refractivity contribution is -0.139. The van der Waals surface area contributed by atoms with Crippen molar-refractivity contribution in [2.24, 2.45) is 0 Å². The first-order valence-electron chi connectivity index (χ1n) is 7.87. The lowest BCUT2D eigenvalue weighted by Gasteiger charge is -2.14. The summed E-state index contributed by atoms with van der Waals surface area (Å²) in [5.41, 5.74) is 1.71. The van der Waals surface area contributed by atoms with Crippen molar-refractivity contribution in [3.05, 3.63) is 53.6 Å². The summed E-state index contributed by atoms with van der Waals surface area (Å²) < 4.78 is 15.6. The molecular formula is C19H22O6. The van der Waals surface area contributed by atoms with E-state index in [1.807, 2.05) is 18.2 Å². The number of aliphatic hydroxyl groups is 1. The Hall–Kier alpha value is -2.73. The average molecular weight is 346 g/mol. The molecule has 0 saturated heterocycles. The number of rotatable bonds is 9. The van der Waals surface area contributed by atoms with Crippen molar-refractivity contribution in [1.29, 1.82) is 0 Å². The molecule has 134 valence electrons. The van der Waals surface area contributed by atoms with E-state index in [1.165, 1.54) is 0 Å². The van der Waals surface area contributed by atoms with Crippen LogP contribution in [0.1, 0.15) is 23.7 Å². The minimum Gasteiger partial charge on any atom is -0.493 e. The molecule has 2 aromatic rings. The van der Waals surface area contributed by atoms with Crippen molar-refractivity contribution in [2.45, 2.75) is 18.9 Å². The van der Waals surface area contributed by atoms with Gasteiger partial charge in [0.05, 0.1) is 20.3 Å². The summed E-state index contributed by atoms with van der Waals surface area (Å²) in [4.78, 5) is 10.6. The minimum atomic E-state index is -1.04. The number of aryl methyl sites for hydroxylation is 1. The first kappa shape index (κ1) is 18.6. The third-order valence-corrected chi connectivity index (χ3v) is 3.76. The van der Waals surface area contributed by atoms with Crippen LogP contribution in [0.2, 0.25) is 0 Å². The highest BCUT2D eigenvalue weighted by Crippen LogP contribution is 2.29. The van der Waals surface area contributed by atoms with Crippen molar-refractivity contribution >= 4 is 5.97 Å². The Kier molecular flexibility index (Phi) is 6.65. The maximum atomic E-state index is 10.6. The van der Waals surface area contributed by atoms with Crippen molar-refractivity contribution in [3.8, 4) is 17.2 Å². The maximum Gasteiger partial charge on any atom is 0.341 e. The van der Waals surface area contributed by atoms with Gasteiger partial charge in [0.15, 0.2) is 18.1 Å². The van der Waals surface area contributed by atoms with E-state index in [9.17, 15) is 9.90 Å². The zero-order valence-electron chi connectivity index (χ0n) is 14.3. The number of benzene rings is 2. The number of carboxylic acid groups (broad SMARTS) is 1. The summed E-state index contributed by atoms with van der Waals surface area (Å²) >= 11 is 0. The van der Waals surface area contributed by atoms with E-state index < -0.39 is 18.7 Å². The molecule has 0 heterocycles. The number of ether oxygens (including phenoxy) is 3. The van der Waals surface area contributed by atoms with Gasteiger partial charge in [-0.1, -0.05) is 18.2 Å². The largest absolute Gasteiger partial charge is 0.493 e. The molecule has 0 amide bonds. The molecule has 0 aliphatic carbocycles. The first-order chi connectivity index (χ1) is 12.0. The molecule has 0 fully saturated rings. The van der Waals surface area contributed by atoms with Gasteiger partial charge in [0.2, 0.25) is 0 Å². The number of aliphatic hydroxyl groups excluding tert-OH is 1. The molecule has 0 bridgehead atoms. The fourth-order valence-corrected chi connectivity index (χ4v) is 2.46. The Morgan fingerprint density at radius 1 is 1.08 bits per heavy atom. The van der Waals surface area contributed by atoms with Crippen LogP contribution in [0, 0.1) is 0 Å². The van der Waals surface area contributed by atoms with E-state index in [0.717, 1.165) is 5.56 Å². The van der Waals surface area contributed by atoms with Gasteiger partial charge >= 0.3 is 5.97 Å². The van der Waals surface area contributed by atoms with Gasteiger partial charge < -0.3 is 24.4 Å². The maximum absolute atomic E-state index is 10.6. The first-order valence-corrected chi connectivity index (χ1v) is 7.87. The molecule has 0 aliphatic heterocycles. The predicted molar refractivity (Wildman–Crippen MR) is 92.4 cm³/mol. The van der Waals surface area contributed by atoms with E-state index >= 15 is 0 Å². The number of hydrogen-bond donors (Lipinski definition) is 2. The van der Waals surface area contributed by atoms with Gasteiger partial charge in [-0.2, -0.15) is 0 Å². The fourth-order valence-electron chi connectivity index (χ4n) is 2.46. The van der Waals surface area contributed by atoms with Gasteiger partial charge in [0.25, 0.3) is 0 Å². The quantitative estimate of drug-likeness (QED) is 0.726. The molecule has 25 heavy (non-hydrogen) atoms. The number of aliphatic carboxylic acids is 1. The second-order valence-electron chi connectivity index (χ2n) is 5.50. The van der Waals surface area contributed by atoms with E-state index in [-0.39, 0.29) is 0 Å². The Labute approximate surface area is 146 Å². The van der Waals surface area contributed by atoms with Crippen LogP contribution in [0.3, 0.4) is 0 Å². The topological polar surface area (TPSA) is 85.2 Å². The van der Waals surface area contributed by atoms with Crippen molar-refractivity contribution in [1.82, 2.24) is 0 Å². The lowest BCUT2D eigenvalue weighted by Crippen LogP contribution is -2.09. The molecule has 2 N–H and O–H groups in total. The van der Waals surface area contributed by atoms with Gasteiger partial charge in [0.1, 0.15) is 5.75 Å². The Morgan fingerprint density at radius 2 is 1.84 bits per heavy atom. The molecule has 0 radical (unpaired) electrons. The molecule has 0 aliphatic rings. The molecule has 1 atom stereocenters. The summed E-state index contributed by atoms with van der Waals surface area (Å²) in [7, 11) is 3.17. The highest BCUT2D eigenvalue weighted by Gasteiger charge is 2.11. The van der Waals surface area contributed by atoms with Crippen molar-refractivity contribution in [3.63, 3.8) is 0 Å². The number of carboxylic acids is 1. The molecule has 6 heteroatoms. The lowest BCUT2D eigenvalue weighted by atomic mass is 10.0. The monoisotopic (exact) mass is 346 g/mol. The zero-order valence-corrected chi connectivity index (χ0v) is 14.3. The van der Waals surface area contributed by atoms with Crippen LogP contribution in [-0.4, -0.2) is 37.0 Å². The van der Waals surface area contributed by atoms with Crippen LogP contribution in [-0.2, 0) is 11.2 Å².